The van der Waals surface area contributed by atoms with Crippen molar-refractivity contribution in [3.8, 4) is 16.8 Å². The van der Waals surface area contributed by atoms with E-state index in [9.17, 15) is 0 Å². The van der Waals surface area contributed by atoms with Gasteiger partial charge in [0.1, 0.15) is 0 Å². The van der Waals surface area contributed by atoms with Crippen LogP contribution in [0.4, 0.5) is 5.69 Å². The van der Waals surface area contributed by atoms with Crippen molar-refractivity contribution in [2.24, 2.45) is 0 Å². The van der Waals surface area contributed by atoms with Crippen LogP contribution >= 0.6 is 0 Å². The number of hydrogen-bond acceptors (Lipinski definition) is 1. The zero-order chi connectivity index (χ0) is 26.9. The van der Waals surface area contributed by atoms with Gasteiger partial charge in [0, 0.05) is 40.5 Å². The largest absolute Gasteiger partial charge is 0.344 e. The fourth-order valence-electron chi connectivity index (χ4n) is 5.85. The molecule has 0 aliphatic heterocycles. The first kappa shape index (κ1) is 24.0. The zero-order valence-electron chi connectivity index (χ0n) is 22.5. The van der Waals surface area contributed by atoms with Crippen LogP contribution in [0.5, 0.6) is 0 Å². The highest BCUT2D eigenvalue weighted by Crippen LogP contribution is 2.34. The predicted molar refractivity (Wildman–Crippen MR) is 171 cm³/mol. The van der Waals surface area contributed by atoms with Gasteiger partial charge in [0.25, 0.3) is 0 Å². The number of rotatable bonds is 5. The fourth-order valence-corrected chi connectivity index (χ4v) is 5.85. The Morgan fingerprint density at radius 2 is 1.20 bits per heavy atom. The highest BCUT2D eigenvalue weighted by molar-refractivity contribution is 6.09. The number of likely N-dealkylation sites (N-methyl/N-ethyl adjacent to an activating group) is 1. The van der Waals surface area contributed by atoms with E-state index in [0.29, 0.717) is 0 Å². The topological polar surface area (TPSA) is 8.17 Å². The van der Waals surface area contributed by atoms with Crippen LogP contribution in [0, 0.1) is 0 Å². The lowest BCUT2D eigenvalue weighted by molar-refractivity contribution is 1.14. The van der Waals surface area contributed by atoms with E-state index in [2.05, 4.69) is 168 Å². The van der Waals surface area contributed by atoms with E-state index in [-0.39, 0.29) is 0 Å². The number of aromatic nitrogens is 1. The Balaban J connectivity index is 1.21. The van der Waals surface area contributed by atoms with Crippen molar-refractivity contribution in [2.75, 3.05) is 11.9 Å². The summed E-state index contributed by atoms with van der Waals surface area (Å²) in [5.74, 6) is 0. The first-order valence-corrected chi connectivity index (χ1v) is 13.8. The molecule has 40 heavy (non-hydrogen) atoms. The Bertz CT molecular complexity index is 1860. The first-order chi connectivity index (χ1) is 19.8. The van der Waals surface area contributed by atoms with Gasteiger partial charge in [-0.05, 0) is 65.6 Å². The second-order valence-corrected chi connectivity index (χ2v) is 10.2. The third kappa shape index (κ3) is 4.24. The Kier molecular flexibility index (Phi) is 6.14. The van der Waals surface area contributed by atoms with Crippen LogP contribution < -0.4 is 4.90 Å². The normalized spacial score (nSPS) is 13.2. The van der Waals surface area contributed by atoms with E-state index < -0.39 is 0 Å². The van der Waals surface area contributed by atoms with Gasteiger partial charge in [-0.2, -0.15) is 0 Å². The number of para-hydroxylation sites is 3. The smallest absolute Gasteiger partial charge is 0.0541 e. The van der Waals surface area contributed by atoms with E-state index in [1.807, 2.05) is 0 Å². The van der Waals surface area contributed by atoms with E-state index in [1.165, 1.54) is 61.1 Å². The molecule has 192 valence electrons. The molecule has 0 bridgehead atoms. The van der Waals surface area contributed by atoms with E-state index in [4.69, 9.17) is 0 Å². The lowest BCUT2D eigenvalue weighted by atomic mass is 10.0. The van der Waals surface area contributed by atoms with Gasteiger partial charge in [-0.25, -0.2) is 0 Å². The predicted octanol–water partition coefficient (Wildman–Crippen LogP) is 9.81. The highest BCUT2D eigenvalue weighted by atomic mass is 15.1. The second-order valence-electron chi connectivity index (χ2n) is 10.2. The van der Waals surface area contributed by atoms with Crippen molar-refractivity contribution in [1.82, 2.24) is 4.57 Å². The molecule has 0 saturated carbocycles. The van der Waals surface area contributed by atoms with Gasteiger partial charge < -0.3 is 9.47 Å². The quantitative estimate of drug-likeness (QED) is 0.222. The van der Waals surface area contributed by atoms with Crippen molar-refractivity contribution in [3.63, 3.8) is 0 Å². The standard InChI is InChI=1S/C38H30N2/c1-39(36-19-8-5-16-33(36)30-12-3-2-4-13-30)31-15-11-14-28(22-25-31)29-23-26-32(27-24-29)40-37-20-9-6-17-34(37)35-18-7-10-21-38(35)40/h2-13,15-27H,14H2,1H3. The van der Waals surface area contributed by atoms with Crippen molar-refractivity contribution in [1.29, 1.82) is 0 Å². The molecule has 0 saturated heterocycles. The zero-order valence-corrected chi connectivity index (χ0v) is 22.5. The molecule has 5 aromatic carbocycles. The molecule has 0 radical (unpaired) electrons. The number of benzene rings is 5. The molecule has 0 spiro atoms. The van der Waals surface area contributed by atoms with Crippen LogP contribution in [0.2, 0.25) is 0 Å². The summed E-state index contributed by atoms with van der Waals surface area (Å²) >= 11 is 0. The van der Waals surface area contributed by atoms with E-state index in [0.717, 1.165) is 6.42 Å². The summed E-state index contributed by atoms with van der Waals surface area (Å²) in [6.07, 6.45) is 9.90. The summed E-state index contributed by atoms with van der Waals surface area (Å²) in [6.45, 7) is 0. The summed E-state index contributed by atoms with van der Waals surface area (Å²) in [7, 11) is 2.15. The molecule has 0 atom stereocenters. The molecule has 1 heterocycles. The summed E-state index contributed by atoms with van der Waals surface area (Å²) in [4.78, 5) is 2.28. The van der Waals surface area contributed by atoms with Crippen LogP contribution in [0.1, 0.15) is 12.0 Å². The molecule has 0 fully saturated rings. The van der Waals surface area contributed by atoms with Crippen LogP contribution in [-0.2, 0) is 0 Å². The lowest BCUT2D eigenvalue weighted by Gasteiger charge is -2.23. The molecule has 1 aliphatic carbocycles. The van der Waals surface area contributed by atoms with Gasteiger partial charge in [-0.3, -0.25) is 0 Å². The minimum absolute atomic E-state index is 0.892. The molecule has 0 amide bonds. The third-order valence-electron chi connectivity index (χ3n) is 7.90. The van der Waals surface area contributed by atoms with Crippen LogP contribution in [0.15, 0.2) is 157 Å². The number of fused-ring (bicyclic) bond motifs is 3. The molecule has 2 heteroatoms. The van der Waals surface area contributed by atoms with Crippen LogP contribution in [0.3, 0.4) is 0 Å². The van der Waals surface area contributed by atoms with Gasteiger partial charge in [-0.1, -0.05) is 109 Å². The Morgan fingerprint density at radius 1 is 0.575 bits per heavy atom. The Morgan fingerprint density at radius 3 is 1.93 bits per heavy atom. The van der Waals surface area contributed by atoms with Gasteiger partial charge in [-0.15, -0.1) is 0 Å². The minimum atomic E-state index is 0.892. The molecule has 0 unspecified atom stereocenters. The highest BCUT2D eigenvalue weighted by Gasteiger charge is 2.14. The molecular weight excluding hydrogens is 484 g/mol. The van der Waals surface area contributed by atoms with Crippen molar-refractivity contribution >= 4 is 33.1 Å². The molecule has 7 rings (SSSR count). The van der Waals surface area contributed by atoms with Crippen LogP contribution in [0.25, 0.3) is 44.2 Å². The third-order valence-corrected chi connectivity index (χ3v) is 7.90. The van der Waals surface area contributed by atoms with E-state index in [1.54, 1.807) is 0 Å². The number of allylic oxidation sites excluding steroid dienone is 5. The lowest BCUT2D eigenvalue weighted by Crippen LogP contribution is -2.15. The molecule has 2 nitrogen and oxygen atoms in total. The van der Waals surface area contributed by atoms with Gasteiger partial charge >= 0.3 is 0 Å². The minimum Gasteiger partial charge on any atom is -0.344 e. The molecule has 1 aliphatic rings. The number of nitrogens with zero attached hydrogens (tertiary/aromatic N) is 2. The maximum Gasteiger partial charge on any atom is 0.0541 e. The molecule has 6 aromatic rings. The molecule has 0 N–H and O–H groups in total. The van der Waals surface area contributed by atoms with Crippen molar-refractivity contribution < 1.29 is 0 Å². The van der Waals surface area contributed by atoms with Gasteiger partial charge in [0.05, 0.1) is 11.0 Å². The molecular formula is C38H30N2. The summed E-state index contributed by atoms with van der Waals surface area (Å²) < 4.78 is 2.37. The van der Waals surface area contributed by atoms with Gasteiger partial charge in [0.2, 0.25) is 0 Å². The summed E-state index contributed by atoms with van der Waals surface area (Å²) in [6, 6.07) is 45.5. The van der Waals surface area contributed by atoms with Crippen molar-refractivity contribution in [3.05, 3.63) is 163 Å². The Hall–Kier alpha value is -5.08. The summed E-state index contributed by atoms with van der Waals surface area (Å²) in [5.41, 5.74) is 11.0. The SMILES string of the molecule is CN(C1=CC=C(c2ccc(-n3c4ccccc4c4ccccc43)cc2)CC=C1)c1ccccc1-c1ccccc1. The average molecular weight is 515 g/mol. The van der Waals surface area contributed by atoms with Gasteiger partial charge in [0.15, 0.2) is 0 Å². The first-order valence-electron chi connectivity index (χ1n) is 13.8. The van der Waals surface area contributed by atoms with E-state index >= 15 is 0 Å². The fraction of sp³-hybridized carbons (Fsp3) is 0.0526. The second kappa shape index (κ2) is 10.2. The maximum atomic E-state index is 2.37. The maximum absolute atomic E-state index is 2.37. The van der Waals surface area contributed by atoms with Crippen LogP contribution in [-0.4, -0.2) is 11.6 Å². The monoisotopic (exact) mass is 514 g/mol. The average Bonchev–Trinajstić information content (AvgIpc) is 3.16. The summed E-state index contributed by atoms with van der Waals surface area (Å²) in [5, 5.41) is 2.57. The Labute approximate surface area is 235 Å². The molecule has 1 aromatic heterocycles. The van der Waals surface area contributed by atoms with Crippen molar-refractivity contribution in [2.45, 2.75) is 6.42 Å². The number of anilines is 1. The number of hydrogen-bond donors (Lipinski definition) is 0.